The van der Waals surface area contributed by atoms with Crippen LogP contribution in [0.5, 0.6) is 0 Å². The van der Waals surface area contributed by atoms with Crippen LogP contribution >= 0.6 is 0 Å². The molecule has 0 spiro atoms. The van der Waals surface area contributed by atoms with Crippen molar-refractivity contribution in [3.8, 4) is 0 Å². The van der Waals surface area contributed by atoms with Crippen LogP contribution in [-0.4, -0.2) is 45.5 Å². The molecule has 0 atom stereocenters. The van der Waals surface area contributed by atoms with Crippen LogP contribution in [-0.2, 0) is 0 Å². The number of aliphatic hydroxyl groups excluding tert-OH is 2. The predicted octanol–water partition coefficient (Wildman–Crippen LogP) is 0.0359. The smallest absolute Gasteiger partial charge is 0.223 e. The first kappa shape index (κ1) is 14.5. The zero-order valence-electron chi connectivity index (χ0n) is 10.8. The molecule has 18 heavy (non-hydrogen) atoms. The lowest BCUT2D eigenvalue weighted by Crippen LogP contribution is -2.42. The third kappa shape index (κ3) is 4.01. The zero-order valence-corrected chi connectivity index (χ0v) is 10.8. The monoisotopic (exact) mass is 255 g/mol. The number of hydrogen-bond acceptors (Lipinski definition) is 7. The number of hydrogen-bond donors (Lipinski definition) is 5. The summed E-state index contributed by atoms with van der Waals surface area (Å²) < 4.78 is 0. The summed E-state index contributed by atoms with van der Waals surface area (Å²) in [4.78, 5) is 8.06. The van der Waals surface area contributed by atoms with E-state index in [1.165, 1.54) is 0 Å². The molecule has 0 fully saturated rings. The Labute approximate surface area is 106 Å². The van der Waals surface area contributed by atoms with Crippen LogP contribution in [0.2, 0.25) is 0 Å². The van der Waals surface area contributed by atoms with Crippen LogP contribution in [0.4, 0.5) is 17.6 Å². The highest BCUT2D eigenvalue weighted by molar-refractivity contribution is 5.52. The van der Waals surface area contributed by atoms with E-state index in [1.54, 1.807) is 13.0 Å². The summed E-state index contributed by atoms with van der Waals surface area (Å²) in [6.07, 6.45) is 0.970. The Morgan fingerprint density at radius 3 is 2.44 bits per heavy atom. The maximum absolute atomic E-state index is 9.21. The van der Waals surface area contributed by atoms with E-state index >= 15 is 0 Å². The first-order valence-corrected chi connectivity index (χ1v) is 5.91. The molecule has 1 aromatic heterocycles. The lowest BCUT2D eigenvalue weighted by molar-refractivity contribution is 0.147. The van der Waals surface area contributed by atoms with Crippen molar-refractivity contribution in [2.45, 2.75) is 25.8 Å². The summed E-state index contributed by atoms with van der Waals surface area (Å²) >= 11 is 0. The third-order valence-electron chi connectivity index (χ3n) is 2.43. The van der Waals surface area contributed by atoms with E-state index in [9.17, 15) is 10.2 Å². The maximum atomic E-state index is 9.21. The van der Waals surface area contributed by atoms with E-state index in [1.807, 2.05) is 6.92 Å². The first-order chi connectivity index (χ1) is 8.53. The third-order valence-corrected chi connectivity index (χ3v) is 2.43. The molecule has 0 unspecified atom stereocenters. The Morgan fingerprint density at radius 2 is 1.89 bits per heavy atom. The van der Waals surface area contributed by atoms with Gasteiger partial charge in [0.1, 0.15) is 11.6 Å². The standard InChI is InChI=1S/C11H21N5O2/c1-3-4-13-8-5-9(15-10(12)14-8)16-11(2,6-17)7-18/h5,17-18H,3-4,6-7H2,1-2H3,(H4,12,13,14,15,16). The van der Waals surface area contributed by atoms with E-state index in [-0.39, 0.29) is 19.2 Å². The van der Waals surface area contributed by atoms with Gasteiger partial charge >= 0.3 is 0 Å². The molecule has 102 valence electrons. The second-order valence-electron chi connectivity index (χ2n) is 4.43. The highest BCUT2D eigenvalue weighted by Gasteiger charge is 2.22. The largest absolute Gasteiger partial charge is 0.394 e. The van der Waals surface area contributed by atoms with Gasteiger partial charge in [-0.25, -0.2) is 0 Å². The fourth-order valence-electron chi connectivity index (χ4n) is 1.31. The highest BCUT2D eigenvalue weighted by Crippen LogP contribution is 2.17. The molecule has 0 bridgehead atoms. The van der Waals surface area contributed by atoms with Gasteiger partial charge in [-0.3, -0.25) is 0 Å². The fourth-order valence-corrected chi connectivity index (χ4v) is 1.31. The number of aromatic nitrogens is 2. The number of rotatable bonds is 7. The molecule has 0 aliphatic rings. The van der Waals surface area contributed by atoms with E-state index in [0.717, 1.165) is 13.0 Å². The number of nitrogen functional groups attached to an aromatic ring is 1. The molecule has 1 aromatic rings. The minimum Gasteiger partial charge on any atom is -0.394 e. The Hall–Kier alpha value is -1.60. The molecule has 0 aliphatic heterocycles. The molecule has 7 heteroatoms. The van der Waals surface area contributed by atoms with Gasteiger partial charge in [0.25, 0.3) is 0 Å². The molecule has 0 saturated carbocycles. The van der Waals surface area contributed by atoms with Crippen molar-refractivity contribution < 1.29 is 10.2 Å². The molecule has 1 heterocycles. The van der Waals surface area contributed by atoms with Gasteiger partial charge in [-0.15, -0.1) is 0 Å². The van der Waals surface area contributed by atoms with Crippen molar-refractivity contribution in [2.75, 3.05) is 36.1 Å². The van der Waals surface area contributed by atoms with Gasteiger partial charge in [0, 0.05) is 12.6 Å². The summed E-state index contributed by atoms with van der Waals surface area (Å²) in [5.41, 5.74) is 4.76. The Morgan fingerprint density at radius 1 is 1.28 bits per heavy atom. The first-order valence-electron chi connectivity index (χ1n) is 5.91. The van der Waals surface area contributed by atoms with Crippen LogP contribution in [0.15, 0.2) is 6.07 Å². The van der Waals surface area contributed by atoms with Crippen LogP contribution in [0.25, 0.3) is 0 Å². The second-order valence-corrected chi connectivity index (χ2v) is 4.43. The summed E-state index contributed by atoms with van der Waals surface area (Å²) in [7, 11) is 0. The summed E-state index contributed by atoms with van der Waals surface area (Å²) in [5, 5.41) is 24.5. The number of aliphatic hydroxyl groups is 2. The molecule has 0 saturated heterocycles. The van der Waals surface area contributed by atoms with Crippen molar-refractivity contribution in [1.82, 2.24) is 9.97 Å². The molecular formula is C11H21N5O2. The molecule has 6 N–H and O–H groups in total. The van der Waals surface area contributed by atoms with Gasteiger partial charge < -0.3 is 26.6 Å². The predicted molar refractivity (Wildman–Crippen MR) is 71.4 cm³/mol. The number of anilines is 3. The van der Waals surface area contributed by atoms with Gasteiger partial charge in [-0.1, -0.05) is 6.92 Å². The van der Waals surface area contributed by atoms with Gasteiger partial charge in [0.15, 0.2) is 0 Å². The minimum absolute atomic E-state index is 0.136. The van der Waals surface area contributed by atoms with E-state index < -0.39 is 5.54 Å². The Balaban J connectivity index is 2.85. The Kier molecular flexibility index (Phi) is 5.11. The lowest BCUT2D eigenvalue weighted by Gasteiger charge is -2.27. The molecule has 0 aromatic carbocycles. The fraction of sp³-hybridized carbons (Fsp3) is 0.636. The molecule has 0 aliphatic carbocycles. The number of nitrogens with two attached hydrogens (primary N) is 1. The minimum atomic E-state index is -0.844. The van der Waals surface area contributed by atoms with Gasteiger partial charge in [0.2, 0.25) is 5.95 Å². The molecule has 0 radical (unpaired) electrons. The molecule has 1 rings (SSSR count). The zero-order chi connectivity index (χ0) is 13.6. The average Bonchev–Trinajstić information content (AvgIpc) is 2.35. The Bertz CT molecular complexity index is 382. The van der Waals surface area contributed by atoms with E-state index in [4.69, 9.17) is 5.73 Å². The SMILES string of the molecule is CCCNc1cc(NC(C)(CO)CO)nc(N)n1. The van der Waals surface area contributed by atoms with Gasteiger partial charge in [0.05, 0.1) is 18.8 Å². The quantitative estimate of drug-likeness (QED) is 0.467. The van der Waals surface area contributed by atoms with E-state index in [2.05, 4.69) is 20.6 Å². The topological polar surface area (TPSA) is 116 Å². The van der Waals surface area contributed by atoms with Crippen LogP contribution < -0.4 is 16.4 Å². The highest BCUT2D eigenvalue weighted by atomic mass is 16.3. The van der Waals surface area contributed by atoms with Crippen molar-refractivity contribution >= 4 is 17.6 Å². The second kappa shape index (κ2) is 6.36. The molecule has 0 amide bonds. The molecular weight excluding hydrogens is 234 g/mol. The van der Waals surface area contributed by atoms with Gasteiger partial charge in [-0.05, 0) is 13.3 Å². The van der Waals surface area contributed by atoms with Crippen molar-refractivity contribution in [2.24, 2.45) is 0 Å². The number of nitrogens with zero attached hydrogens (tertiary/aromatic N) is 2. The summed E-state index contributed by atoms with van der Waals surface area (Å²) in [6, 6.07) is 1.69. The normalized spacial score (nSPS) is 11.3. The lowest BCUT2D eigenvalue weighted by atomic mass is 10.1. The summed E-state index contributed by atoms with van der Waals surface area (Å²) in [6.45, 7) is 4.08. The summed E-state index contributed by atoms with van der Waals surface area (Å²) in [5.74, 6) is 1.22. The van der Waals surface area contributed by atoms with Crippen molar-refractivity contribution in [1.29, 1.82) is 0 Å². The van der Waals surface area contributed by atoms with Crippen LogP contribution in [0, 0.1) is 0 Å². The van der Waals surface area contributed by atoms with Gasteiger partial charge in [-0.2, -0.15) is 9.97 Å². The van der Waals surface area contributed by atoms with E-state index in [0.29, 0.717) is 11.6 Å². The van der Waals surface area contributed by atoms with Crippen LogP contribution in [0.1, 0.15) is 20.3 Å². The average molecular weight is 255 g/mol. The van der Waals surface area contributed by atoms with Crippen LogP contribution in [0.3, 0.4) is 0 Å². The maximum Gasteiger partial charge on any atom is 0.223 e. The molecule has 7 nitrogen and oxygen atoms in total. The van der Waals surface area contributed by atoms with Crippen molar-refractivity contribution in [3.05, 3.63) is 6.07 Å². The number of nitrogens with one attached hydrogen (secondary N) is 2. The van der Waals surface area contributed by atoms with Crippen molar-refractivity contribution in [3.63, 3.8) is 0 Å².